The first kappa shape index (κ1) is 25.8. The molecule has 4 rings (SSSR count). The van der Waals surface area contributed by atoms with E-state index in [0.29, 0.717) is 28.4 Å². The van der Waals surface area contributed by atoms with Crippen molar-refractivity contribution >= 4 is 46.8 Å². The van der Waals surface area contributed by atoms with Gasteiger partial charge < -0.3 is 14.6 Å². The number of carbonyl (C=O) groups is 2. The van der Waals surface area contributed by atoms with E-state index in [1.54, 1.807) is 51.1 Å². The third kappa shape index (κ3) is 6.49. The summed E-state index contributed by atoms with van der Waals surface area (Å²) < 4.78 is 11.1. The maximum absolute atomic E-state index is 12.8. The molecule has 9 nitrogen and oxygen atoms in total. The molecule has 0 saturated carbocycles. The van der Waals surface area contributed by atoms with Gasteiger partial charge in [0, 0.05) is 17.4 Å². The van der Waals surface area contributed by atoms with Gasteiger partial charge in [-0.1, -0.05) is 18.2 Å². The van der Waals surface area contributed by atoms with Crippen LogP contribution in [-0.2, 0) is 9.53 Å². The number of pyridine rings is 1. The average Bonchev–Trinajstić information content (AvgIpc) is 2.83. The van der Waals surface area contributed by atoms with E-state index >= 15 is 0 Å². The van der Waals surface area contributed by atoms with E-state index < -0.39 is 23.8 Å². The van der Waals surface area contributed by atoms with Crippen LogP contribution in [0.25, 0.3) is 6.08 Å². The van der Waals surface area contributed by atoms with Gasteiger partial charge >= 0.3 is 6.09 Å². The van der Waals surface area contributed by atoms with Gasteiger partial charge in [0.25, 0.3) is 5.91 Å². The Morgan fingerprint density at radius 3 is 2.46 bits per heavy atom. The highest BCUT2D eigenvalue weighted by atomic mass is 32.1. The summed E-state index contributed by atoms with van der Waals surface area (Å²) in [6, 6.07) is 17.9. The van der Waals surface area contributed by atoms with Crippen molar-refractivity contribution in [1.82, 2.24) is 10.3 Å². The molecule has 37 heavy (non-hydrogen) atoms. The molecular weight excluding hydrogens is 492 g/mol. The standard InChI is InChI=1S/C27H26N4O5S/c1-27(2,3)36-26(34)29-22-16-28-14-13-17(22)15-21-23(32)30-25(37)31(24(21)33)18-9-11-20(12-10-18)35-19-7-5-4-6-8-19/h4-16,24,33H,1-3H3,(H,29,34)(H,30,32,37)/b21-15+. The van der Waals surface area contributed by atoms with Crippen LogP contribution in [0.3, 0.4) is 0 Å². The highest BCUT2D eigenvalue weighted by molar-refractivity contribution is 7.80. The first-order valence-corrected chi connectivity index (χ1v) is 11.8. The molecule has 2 amide bonds. The van der Waals surface area contributed by atoms with Crippen molar-refractivity contribution in [2.24, 2.45) is 0 Å². The van der Waals surface area contributed by atoms with Crippen LogP contribution in [0.5, 0.6) is 11.5 Å². The molecule has 0 radical (unpaired) electrons. The Morgan fingerprint density at radius 1 is 1.11 bits per heavy atom. The summed E-state index contributed by atoms with van der Waals surface area (Å²) in [6.07, 6.45) is 2.35. The van der Waals surface area contributed by atoms with E-state index in [-0.39, 0.29) is 10.7 Å². The number of carbonyl (C=O) groups excluding carboxylic acids is 2. The molecule has 3 aromatic rings. The van der Waals surface area contributed by atoms with E-state index in [9.17, 15) is 14.7 Å². The van der Waals surface area contributed by atoms with Gasteiger partial charge in [-0.3, -0.25) is 25.3 Å². The van der Waals surface area contributed by atoms with Gasteiger partial charge in [0.2, 0.25) is 0 Å². The molecule has 10 heteroatoms. The second kappa shape index (κ2) is 10.8. The Balaban J connectivity index is 1.58. The summed E-state index contributed by atoms with van der Waals surface area (Å²) in [4.78, 5) is 30.5. The van der Waals surface area contributed by atoms with E-state index in [1.807, 2.05) is 30.3 Å². The molecule has 1 saturated heterocycles. The van der Waals surface area contributed by atoms with Crippen LogP contribution in [0.1, 0.15) is 26.3 Å². The van der Waals surface area contributed by atoms with Crippen molar-refractivity contribution in [1.29, 1.82) is 0 Å². The van der Waals surface area contributed by atoms with E-state index in [2.05, 4.69) is 15.6 Å². The number of nitrogens with one attached hydrogen (secondary N) is 2. The number of hydrogen-bond acceptors (Lipinski definition) is 7. The maximum atomic E-state index is 12.8. The summed E-state index contributed by atoms with van der Waals surface area (Å²) >= 11 is 5.34. The van der Waals surface area contributed by atoms with E-state index in [1.165, 1.54) is 23.4 Å². The second-order valence-corrected chi connectivity index (χ2v) is 9.49. The van der Waals surface area contributed by atoms with Crippen LogP contribution in [0.4, 0.5) is 16.2 Å². The van der Waals surface area contributed by atoms with Crippen LogP contribution in [-0.4, -0.2) is 39.0 Å². The molecule has 3 N–H and O–H groups in total. The maximum Gasteiger partial charge on any atom is 0.412 e. The van der Waals surface area contributed by atoms with Gasteiger partial charge in [-0.2, -0.15) is 0 Å². The number of thiocarbonyl (C=S) groups is 1. The Labute approximate surface area is 219 Å². The quantitative estimate of drug-likeness (QED) is 0.325. The number of para-hydroxylation sites is 1. The number of benzene rings is 2. The number of amides is 2. The second-order valence-electron chi connectivity index (χ2n) is 9.10. The summed E-state index contributed by atoms with van der Waals surface area (Å²) in [5, 5.41) is 16.4. The number of anilines is 2. The fourth-order valence-electron chi connectivity index (χ4n) is 3.51. The number of hydrogen-bond donors (Lipinski definition) is 3. The van der Waals surface area contributed by atoms with Crippen molar-refractivity contribution in [2.75, 3.05) is 10.2 Å². The van der Waals surface area contributed by atoms with Gasteiger partial charge in [0.15, 0.2) is 11.3 Å². The van der Waals surface area contributed by atoms with Crippen molar-refractivity contribution in [3.63, 3.8) is 0 Å². The summed E-state index contributed by atoms with van der Waals surface area (Å²) in [7, 11) is 0. The molecule has 2 heterocycles. The molecule has 1 aromatic heterocycles. The van der Waals surface area contributed by atoms with Crippen LogP contribution in [0.2, 0.25) is 0 Å². The first-order valence-electron chi connectivity index (χ1n) is 11.4. The lowest BCUT2D eigenvalue weighted by Crippen LogP contribution is -2.56. The lowest BCUT2D eigenvalue weighted by Gasteiger charge is -2.35. The minimum Gasteiger partial charge on any atom is -0.457 e. The first-order chi connectivity index (χ1) is 17.6. The lowest BCUT2D eigenvalue weighted by atomic mass is 10.1. The van der Waals surface area contributed by atoms with Gasteiger partial charge in [-0.15, -0.1) is 0 Å². The van der Waals surface area contributed by atoms with Gasteiger partial charge in [0.1, 0.15) is 17.1 Å². The average molecular weight is 519 g/mol. The molecule has 0 bridgehead atoms. The number of ether oxygens (including phenoxy) is 2. The normalized spacial score (nSPS) is 16.8. The minimum atomic E-state index is -1.38. The van der Waals surface area contributed by atoms with Gasteiger partial charge in [-0.05, 0) is 81.5 Å². The SMILES string of the molecule is CC(C)(C)OC(=O)Nc1cnccc1/C=C1\C(=O)NC(=S)N(c2ccc(Oc3ccccc3)cc2)C1O. The highest BCUT2D eigenvalue weighted by Gasteiger charge is 2.34. The molecular formula is C27H26N4O5S. The topological polar surface area (TPSA) is 113 Å². The summed E-state index contributed by atoms with van der Waals surface area (Å²) in [5.41, 5.74) is 0.639. The monoisotopic (exact) mass is 518 g/mol. The molecule has 1 fully saturated rings. The van der Waals surface area contributed by atoms with E-state index in [0.717, 1.165) is 0 Å². The fourth-order valence-corrected chi connectivity index (χ4v) is 3.81. The molecule has 2 aromatic carbocycles. The number of aliphatic hydroxyl groups excluding tert-OH is 1. The molecule has 1 aliphatic heterocycles. The molecule has 1 unspecified atom stereocenters. The summed E-state index contributed by atoms with van der Waals surface area (Å²) in [5.74, 6) is 0.731. The van der Waals surface area contributed by atoms with Crippen molar-refractivity contribution < 1.29 is 24.2 Å². The number of aliphatic hydroxyl groups is 1. The van der Waals surface area contributed by atoms with Gasteiger partial charge in [-0.25, -0.2) is 4.79 Å². The lowest BCUT2D eigenvalue weighted by molar-refractivity contribution is -0.117. The number of rotatable bonds is 5. The third-order valence-corrected chi connectivity index (χ3v) is 5.42. The Morgan fingerprint density at radius 2 is 1.78 bits per heavy atom. The molecule has 190 valence electrons. The van der Waals surface area contributed by atoms with Crippen LogP contribution < -0.4 is 20.3 Å². The summed E-state index contributed by atoms with van der Waals surface area (Å²) in [6.45, 7) is 5.25. The number of nitrogens with zero attached hydrogens (tertiary/aromatic N) is 2. The Kier molecular flexibility index (Phi) is 7.51. The smallest absolute Gasteiger partial charge is 0.412 e. The Bertz CT molecular complexity index is 1340. The third-order valence-electron chi connectivity index (χ3n) is 5.12. The van der Waals surface area contributed by atoms with Crippen molar-refractivity contribution in [2.45, 2.75) is 32.6 Å². The highest BCUT2D eigenvalue weighted by Crippen LogP contribution is 2.29. The largest absolute Gasteiger partial charge is 0.457 e. The van der Waals surface area contributed by atoms with Crippen LogP contribution >= 0.6 is 12.2 Å². The minimum absolute atomic E-state index is 0.0247. The van der Waals surface area contributed by atoms with Crippen LogP contribution in [0.15, 0.2) is 78.6 Å². The number of aromatic nitrogens is 1. The van der Waals surface area contributed by atoms with Crippen molar-refractivity contribution in [3.8, 4) is 11.5 Å². The van der Waals surface area contributed by atoms with E-state index in [4.69, 9.17) is 21.7 Å². The van der Waals surface area contributed by atoms with Crippen LogP contribution in [0, 0.1) is 0 Å². The molecule has 1 aliphatic rings. The molecule has 0 aliphatic carbocycles. The predicted molar refractivity (Wildman–Crippen MR) is 144 cm³/mol. The zero-order valence-corrected chi connectivity index (χ0v) is 21.3. The zero-order chi connectivity index (χ0) is 26.6. The molecule has 0 spiro atoms. The Hall–Kier alpha value is -4.28. The van der Waals surface area contributed by atoms with Gasteiger partial charge in [0.05, 0.1) is 17.5 Å². The predicted octanol–water partition coefficient (Wildman–Crippen LogP) is 4.84. The zero-order valence-electron chi connectivity index (χ0n) is 20.5. The fraction of sp³-hybridized carbons (Fsp3) is 0.185. The molecule has 1 atom stereocenters. The van der Waals surface area contributed by atoms with Crippen molar-refractivity contribution in [3.05, 3.63) is 84.2 Å².